The fourth-order valence-electron chi connectivity index (χ4n) is 4.16. The van der Waals surface area contributed by atoms with Gasteiger partial charge in [0.05, 0.1) is 26.4 Å². The van der Waals surface area contributed by atoms with Crippen molar-refractivity contribution in [3.8, 4) is 11.5 Å². The first-order chi connectivity index (χ1) is 12.1. The van der Waals surface area contributed by atoms with Gasteiger partial charge in [-0.2, -0.15) is 0 Å². The highest BCUT2D eigenvalue weighted by Gasteiger charge is 2.50. The molecular formula is C21H24O4. The number of methoxy groups -OCH3 is 2. The van der Waals surface area contributed by atoms with Crippen LogP contribution in [0.1, 0.15) is 30.0 Å². The Morgan fingerprint density at radius 3 is 2.64 bits per heavy atom. The molecule has 25 heavy (non-hydrogen) atoms. The Balaban J connectivity index is 1.71. The fraction of sp³-hybridized carbons (Fsp3) is 0.429. The van der Waals surface area contributed by atoms with Crippen molar-refractivity contribution in [2.45, 2.75) is 37.6 Å². The zero-order valence-corrected chi connectivity index (χ0v) is 15.0. The van der Waals surface area contributed by atoms with Crippen molar-refractivity contribution in [2.75, 3.05) is 20.8 Å². The van der Waals surface area contributed by atoms with E-state index in [9.17, 15) is 0 Å². The summed E-state index contributed by atoms with van der Waals surface area (Å²) in [6, 6.07) is 14.4. The van der Waals surface area contributed by atoms with Crippen molar-refractivity contribution in [3.05, 3.63) is 59.2 Å². The van der Waals surface area contributed by atoms with E-state index in [4.69, 9.17) is 18.9 Å². The van der Waals surface area contributed by atoms with Crippen LogP contribution in [0, 0.1) is 0 Å². The minimum Gasteiger partial charge on any atom is -0.497 e. The summed E-state index contributed by atoms with van der Waals surface area (Å²) in [5, 5.41) is 0. The predicted octanol–water partition coefficient (Wildman–Crippen LogP) is 3.85. The van der Waals surface area contributed by atoms with Crippen molar-refractivity contribution in [1.82, 2.24) is 0 Å². The third-order valence-electron chi connectivity index (χ3n) is 5.32. The van der Waals surface area contributed by atoms with Crippen LogP contribution in [-0.4, -0.2) is 26.4 Å². The minimum atomic E-state index is -0.697. The minimum absolute atomic E-state index is 0.265. The monoisotopic (exact) mass is 340 g/mol. The van der Waals surface area contributed by atoms with E-state index in [0.29, 0.717) is 6.61 Å². The number of rotatable bonds is 4. The Morgan fingerprint density at radius 1 is 1.04 bits per heavy atom. The number of ether oxygens (including phenoxy) is 4. The Morgan fingerprint density at radius 2 is 1.84 bits per heavy atom. The molecule has 2 aliphatic heterocycles. The molecule has 4 rings (SSSR count). The lowest BCUT2D eigenvalue weighted by atomic mass is 9.78. The molecule has 1 saturated heterocycles. The average molecular weight is 340 g/mol. The van der Waals surface area contributed by atoms with Gasteiger partial charge in [0, 0.05) is 24.8 Å². The van der Waals surface area contributed by atoms with Gasteiger partial charge >= 0.3 is 0 Å². The third kappa shape index (κ3) is 2.90. The molecule has 2 heterocycles. The van der Waals surface area contributed by atoms with E-state index in [0.717, 1.165) is 36.3 Å². The van der Waals surface area contributed by atoms with E-state index < -0.39 is 5.79 Å². The van der Waals surface area contributed by atoms with Crippen LogP contribution in [0.2, 0.25) is 0 Å². The van der Waals surface area contributed by atoms with Crippen molar-refractivity contribution >= 4 is 0 Å². The topological polar surface area (TPSA) is 36.9 Å². The van der Waals surface area contributed by atoms with Gasteiger partial charge in [-0.25, -0.2) is 0 Å². The molecule has 0 radical (unpaired) electrons. The Labute approximate surface area is 148 Å². The summed E-state index contributed by atoms with van der Waals surface area (Å²) in [7, 11) is 3.40. The molecule has 0 spiro atoms. The van der Waals surface area contributed by atoms with Crippen LogP contribution in [0.25, 0.3) is 0 Å². The van der Waals surface area contributed by atoms with Crippen LogP contribution in [0.5, 0.6) is 11.5 Å². The van der Waals surface area contributed by atoms with Crippen LogP contribution >= 0.6 is 0 Å². The van der Waals surface area contributed by atoms with Gasteiger partial charge in [-0.3, -0.25) is 0 Å². The number of fused-ring (bicyclic) bond motifs is 4. The van der Waals surface area contributed by atoms with Crippen LogP contribution in [0.3, 0.4) is 0 Å². The number of benzene rings is 2. The van der Waals surface area contributed by atoms with E-state index in [1.165, 1.54) is 11.1 Å². The Bertz CT molecular complexity index is 787. The lowest BCUT2D eigenvalue weighted by Crippen LogP contribution is -2.55. The van der Waals surface area contributed by atoms with Gasteiger partial charge in [-0.05, 0) is 48.4 Å². The molecule has 2 aliphatic rings. The summed E-state index contributed by atoms with van der Waals surface area (Å²) < 4.78 is 23.4. The predicted molar refractivity (Wildman–Crippen MR) is 95.1 cm³/mol. The highest BCUT2D eigenvalue weighted by Crippen LogP contribution is 2.48. The quantitative estimate of drug-likeness (QED) is 0.847. The molecular weight excluding hydrogens is 316 g/mol. The summed E-state index contributed by atoms with van der Waals surface area (Å²) in [4.78, 5) is 0. The van der Waals surface area contributed by atoms with Crippen LogP contribution in [0.4, 0.5) is 0 Å². The summed E-state index contributed by atoms with van der Waals surface area (Å²) >= 11 is 0. The maximum atomic E-state index is 6.57. The Hall–Kier alpha value is -2.04. The molecule has 0 aliphatic carbocycles. The maximum Gasteiger partial charge on any atom is 0.192 e. The van der Waals surface area contributed by atoms with Crippen LogP contribution < -0.4 is 9.47 Å². The molecule has 0 unspecified atom stereocenters. The van der Waals surface area contributed by atoms with E-state index in [2.05, 4.69) is 24.3 Å². The first-order valence-electron chi connectivity index (χ1n) is 8.70. The summed E-state index contributed by atoms with van der Waals surface area (Å²) in [5.41, 5.74) is 3.30. The molecule has 0 N–H and O–H groups in total. The second-order valence-electron chi connectivity index (χ2n) is 7.06. The van der Waals surface area contributed by atoms with Gasteiger partial charge in [-0.1, -0.05) is 12.1 Å². The first kappa shape index (κ1) is 16.4. The van der Waals surface area contributed by atoms with E-state index >= 15 is 0 Å². The van der Waals surface area contributed by atoms with Crippen LogP contribution in [-0.2, 0) is 28.1 Å². The van der Waals surface area contributed by atoms with Gasteiger partial charge in [0.15, 0.2) is 5.79 Å². The molecule has 0 aromatic heterocycles. The Kier molecular flexibility index (Phi) is 3.97. The molecule has 2 aromatic carbocycles. The van der Waals surface area contributed by atoms with Crippen molar-refractivity contribution in [1.29, 1.82) is 0 Å². The second kappa shape index (κ2) is 6.04. The van der Waals surface area contributed by atoms with E-state index in [1.807, 2.05) is 25.1 Å². The summed E-state index contributed by atoms with van der Waals surface area (Å²) in [6.07, 6.45) is 2.56. The lowest BCUT2D eigenvalue weighted by Gasteiger charge is -2.51. The van der Waals surface area contributed by atoms with Crippen LogP contribution in [0.15, 0.2) is 42.5 Å². The SMILES string of the molecule is COc1cccc(C[C@@]23CCO[C@@](C)(O2)c2ccc(OC)cc2C3)c1. The largest absolute Gasteiger partial charge is 0.497 e. The number of hydrogen-bond donors (Lipinski definition) is 0. The zero-order chi connectivity index (χ0) is 17.5. The molecule has 1 fully saturated rings. The molecule has 0 saturated carbocycles. The highest BCUT2D eigenvalue weighted by molar-refractivity contribution is 5.42. The highest BCUT2D eigenvalue weighted by atomic mass is 16.7. The molecule has 0 amide bonds. The maximum absolute atomic E-state index is 6.57. The fourth-order valence-corrected chi connectivity index (χ4v) is 4.16. The molecule has 2 aromatic rings. The molecule has 4 nitrogen and oxygen atoms in total. The standard InChI is InChI=1S/C21H24O4/c1-20-19-8-7-18(23-3)12-16(19)14-21(25-20,9-10-24-20)13-15-5-4-6-17(11-15)22-2/h4-8,11-12H,9-10,13-14H2,1-3H3/t20-,21+/m0/s1. The van der Waals surface area contributed by atoms with Gasteiger partial charge < -0.3 is 18.9 Å². The normalized spacial score (nSPS) is 27.5. The molecule has 132 valence electrons. The first-order valence-corrected chi connectivity index (χ1v) is 8.70. The van der Waals surface area contributed by atoms with Gasteiger partial charge in [0.25, 0.3) is 0 Å². The smallest absolute Gasteiger partial charge is 0.192 e. The molecule has 2 atom stereocenters. The van der Waals surface area contributed by atoms with Crippen molar-refractivity contribution in [3.63, 3.8) is 0 Å². The van der Waals surface area contributed by atoms with E-state index in [1.54, 1.807) is 14.2 Å². The third-order valence-corrected chi connectivity index (χ3v) is 5.32. The second-order valence-corrected chi connectivity index (χ2v) is 7.06. The van der Waals surface area contributed by atoms with Gasteiger partial charge in [-0.15, -0.1) is 0 Å². The summed E-state index contributed by atoms with van der Waals surface area (Å²) in [6.45, 7) is 2.73. The van der Waals surface area contributed by atoms with Gasteiger partial charge in [0.1, 0.15) is 11.5 Å². The van der Waals surface area contributed by atoms with E-state index in [-0.39, 0.29) is 5.60 Å². The molecule has 2 bridgehead atoms. The number of hydrogen-bond acceptors (Lipinski definition) is 4. The van der Waals surface area contributed by atoms with Crippen molar-refractivity contribution < 1.29 is 18.9 Å². The molecule has 4 heteroatoms. The zero-order valence-electron chi connectivity index (χ0n) is 15.0. The lowest BCUT2D eigenvalue weighted by molar-refractivity contribution is -0.335. The van der Waals surface area contributed by atoms with Crippen molar-refractivity contribution in [2.24, 2.45) is 0 Å². The van der Waals surface area contributed by atoms with Gasteiger partial charge in [0.2, 0.25) is 0 Å². The average Bonchev–Trinajstić information content (AvgIpc) is 2.60. The summed E-state index contributed by atoms with van der Waals surface area (Å²) in [5.74, 6) is 1.05.